The second-order valence-corrected chi connectivity index (χ2v) is 6.23. The molecule has 37 heavy (non-hydrogen) atoms. The van der Waals surface area contributed by atoms with E-state index in [1.54, 1.807) is 0 Å². The summed E-state index contributed by atoms with van der Waals surface area (Å²) in [6.07, 6.45) is 0. The van der Waals surface area contributed by atoms with E-state index in [-0.39, 0.29) is 43.3 Å². The standard InChI is InChI=1S/3C7H5NO4.Bi/c3*9-6-3-1-5(8(11)12)2-4-7(6)10;/h3*1-4H,(H,9,10);/q;;;+3/p-3. The van der Waals surface area contributed by atoms with Gasteiger partial charge in [0.15, 0.2) is 16.3 Å². The van der Waals surface area contributed by atoms with Gasteiger partial charge in [0.25, 0.3) is 17.1 Å². The van der Waals surface area contributed by atoms with E-state index >= 15 is 0 Å². The molecule has 0 amide bonds. The van der Waals surface area contributed by atoms with E-state index < -0.39 is 48.3 Å². The second-order valence-electron chi connectivity index (χ2n) is 6.23. The van der Waals surface area contributed by atoms with Crippen LogP contribution in [0.5, 0.6) is 17.2 Å². The van der Waals surface area contributed by atoms with Crippen molar-refractivity contribution in [3.63, 3.8) is 0 Å². The normalized spacial score (nSPS) is 9.08. The molecule has 0 saturated heterocycles. The Kier molecular flexibility index (Phi) is 13.2. The van der Waals surface area contributed by atoms with E-state index in [9.17, 15) is 60.0 Å². The summed E-state index contributed by atoms with van der Waals surface area (Å²) in [5, 5.41) is 62.5. The second kappa shape index (κ2) is 15.2. The third-order valence-corrected chi connectivity index (χ3v) is 3.79. The zero-order valence-corrected chi connectivity index (χ0v) is 21.6. The molecule has 0 fully saturated rings. The third-order valence-electron chi connectivity index (χ3n) is 3.79. The van der Waals surface area contributed by atoms with E-state index in [0.29, 0.717) is 0 Å². The monoisotopic (exact) mass is 707 g/mol. The van der Waals surface area contributed by atoms with Crippen LogP contribution in [0, 0.1) is 30.3 Å². The minimum absolute atomic E-state index is 0. The van der Waals surface area contributed by atoms with Gasteiger partial charge in [-0.25, -0.2) is 0 Å². The Bertz CT molecular complexity index is 1310. The Morgan fingerprint density at radius 1 is 0.405 bits per heavy atom. The van der Waals surface area contributed by atoms with Crippen molar-refractivity contribution in [2.24, 2.45) is 0 Å². The summed E-state index contributed by atoms with van der Waals surface area (Å²) in [7, 11) is 0. The van der Waals surface area contributed by atoms with E-state index in [2.05, 4.69) is 0 Å². The maximum Gasteiger partial charge on any atom is 3.00 e. The molecule has 0 heterocycles. The van der Waals surface area contributed by atoms with Gasteiger partial charge in [-0.1, -0.05) is 35.4 Å². The molecule has 0 spiro atoms. The Balaban J connectivity index is 0.000000518. The predicted molar refractivity (Wildman–Crippen MR) is 122 cm³/mol. The molecular formula is C21H12BiN3O12. The Morgan fingerprint density at radius 3 is 0.784 bits per heavy atom. The van der Waals surface area contributed by atoms with E-state index in [0.717, 1.165) is 72.8 Å². The molecule has 0 atom stereocenters. The van der Waals surface area contributed by atoms with Crippen molar-refractivity contribution in [2.75, 3.05) is 0 Å². The molecule has 0 N–H and O–H groups in total. The first-order valence-corrected chi connectivity index (χ1v) is 9.21. The number of nitro groups is 3. The first-order chi connectivity index (χ1) is 16.8. The minimum Gasteiger partial charge on any atom is -0.870 e. The number of rotatable bonds is 3. The summed E-state index contributed by atoms with van der Waals surface area (Å²) in [4.78, 5) is 60.5. The molecule has 15 nitrogen and oxygen atoms in total. The van der Waals surface area contributed by atoms with E-state index in [4.69, 9.17) is 0 Å². The Hall–Kier alpha value is -4.85. The summed E-state index contributed by atoms with van der Waals surface area (Å²) in [5.74, 6) is -2.24. The molecule has 3 aromatic carbocycles. The van der Waals surface area contributed by atoms with Crippen LogP contribution in [0.2, 0.25) is 0 Å². The molecule has 16 heteroatoms. The molecule has 0 aliphatic heterocycles. The summed E-state index contributed by atoms with van der Waals surface area (Å²) in [6.45, 7) is 0. The first-order valence-electron chi connectivity index (χ1n) is 9.21. The van der Waals surface area contributed by atoms with Gasteiger partial charge in [0, 0.05) is 36.4 Å². The SMILES string of the molecule is O=c1ccc([N+](=O)[O-])ccc1[O-].O=c1ccc([N+](=O)[O-])ccc1[O-].O=c1ccc([N+](=O)[O-])ccc1[O-].[Bi+3]. The van der Waals surface area contributed by atoms with Crippen molar-refractivity contribution in [3.8, 4) is 17.2 Å². The Morgan fingerprint density at radius 2 is 0.595 bits per heavy atom. The number of hydrogen-bond donors (Lipinski definition) is 0. The smallest absolute Gasteiger partial charge is 0.870 e. The van der Waals surface area contributed by atoms with Gasteiger partial charge >= 0.3 is 26.2 Å². The molecule has 3 rings (SSSR count). The topological polar surface area (TPSA) is 250 Å². The molecule has 0 aliphatic rings. The Labute approximate surface area is 224 Å². The van der Waals surface area contributed by atoms with Crippen molar-refractivity contribution in [2.45, 2.75) is 0 Å². The molecule has 2 radical (unpaired) electrons. The quantitative estimate of drug-likeness (QED) is 0.193. The zero-order valence-electron chi connectivity index (χ0n) is 18.1. The summed E-state index contributed by atoms with van der Waals surface area (Å²) in [6, 6.07) is 11.4. The van der Waals surface area contributed by atoms with Gasteiger partial charge in [-0.15, -0.1) is 0 Å². The fourth-order valence-corrected chi connectivity index (χ4v) is 1.99. The van der Waals surface area contributed by atoms with Crippen LogP contribution in [0.15, 0.2) is 87.2 Å². The van der Waals surface area contributed by atoms with Crippen LogP contribution in [0.3, 0.4) is 0 Å². The molecule has 0 aromatic heterocycles. The molecule has 188 valence electrons. The van der Waals surface area contributed by atoms with Crippen molar-refractivity contribution < 1.29 is 30.1 Å². The fourth-order valence-electron chi connectivity index (χ4n) is 1.99. The van der Waals surface area contributed by atoms with E-state index in [1.807, 2.05) is 0 Å². The summed E-state index contributed by atoms with van der Waals surface area (Å²) < 4.78 is 0. The number of nitrogens with zero attached hydrogens (tertiary/aromatic N) is 3. The molecule has 0 saturated carbocycles. The van der Waals surface area contributed by atoms with Gasteiger partial charge in [0.1, 0.15) is 0 Å². The largest absolute Gasteiger partial charge is 3.00 e. The molecule has 0 bridgehead atoms. The van der Waals surface area contributed by atoms with Crippen molar-refractivity contribution in [1.82, 2.24) is 0 Å². The molecular weight excluding hydrogens is 695 g/mol. The van der Waals surface area contributed by atoms with Crippen molar-refractivity contribution in [3.05, 3.63) is 134 Å². The van der Waals surface area contributed by atoms with Gasteiger partial charge in [-0.2, -0.15) is 0 Å². The fraction of sp³-hybridized carbons (Fsp3) is 0. The summed E-state index contributed by atoms with van der Waals surface area (Å²) >= 11 is 0. The van der Waals surface area contributed by atoms with Gasteiger partial charge in [0.05, 0.1) is 14.8 Å². The average Bonchev–Trinajstić information content (AvgIpc) is 3.18. The molecule has 3 aromatic rings. The van der Waals surface area contributed by atoms with Crippen LogP contribution in [-0.4, -0.2) is 41.0 Å². The van der Waals surface area contributed by atoms with Gasteiger partial charge in [0.2, 0.25) is 0 Å². The predicted octanol–water partition coefficient (Wildman–Crippen LogP) is -0.295. The minimum atomic E-state index is -0.747. The first kappa shape index (κ1) is 32.2. The van der Waals surface area contributed by atoms with Crippen LogP contribution < -0.4 is 31.6 Å². The molecule has 0 aliphatic carbocycles. The molecule has 0 unspecified atom stereocenters. The van der Waals surface area contributed by atoms with Gasteiger partial charge in [-0.05, 0) is 18.2 Å². The maximum absolute atomic E-state index is 10.7. The van der Waals surface area contributed by atoms with Crippen molar-refractivity contribution in [1.29, 1.82) is 0 Å². The van der Waals surface area contributed by atoms with Crippen LogP contribution in [0.25, 0.3) is 0 Å². The van der Waals surface area contributed by atoms with Crippen LogP contribution >= 0.6 is 0 Å². The third kappa shape index (κ3) is 11.0. The van der Waals surface area contributed by atoms with Gasteiger partial charge in [-0.3, -0.25) is 44.7 Å². The zero-order chi connectivity index (χ0) is 27.4. The van der Waals surface area contributed by atoms with E-state index in [1.165, 1.54) is 0 Å². The number of hydrogen-bond acceptors (Lipinski definition) is 12. The maximum atomic E-state index is 10.7. The van der Waals surface area contributed by atoms with Gasteiger partial charge < -0.3 is 15.3 Å². The summed E-state index contributed by atoms with van der Waals surface area (Å²) in [5.41, 5.74) is -3.05. The van der Waals surface area contributed by atoms with Crippen LogP contribution in [-0.2, 0) is 0 Å². The van der Waals surface area contributed by atoms with Crippen LogP contribution in [0.1, 0.15) is 0 Å². The average molecular weight is 707 g/mol. The van der Waals surface area contributed by atoms with Crippen LogP contribution in [0.4, 0.5) is 17.1 Å². The van der Waals surface area contributed by atoms with Crippen molar-refractivity contribution >= 4 is 43.3 Å².